The Morgan fingerprint density at radius 3 is 2.81 bits per heavy atom. The fourth-order valence-corrected chi connectivity index (χ4v) is 2.93. The van der Waals surface area contributed by atoms with Crippen LogP contribution < -0.4 is 5.73 Å². The summed E-state index contributed by atoms with van der Waals surface area (Å²) < 4.78 is 7.48. The van der Waals surface area contributed by atoms with E-state index < -0.39 is 5.54 Å². The molecule has 1 heterocycles. The minimum Gasteiger partial charge on any atom is -0.378 e. The van der Waals surface area contributed by atoms with Crippen LogP contribution in [-0.4, -0.2) is 52.4 Å². The molecular weight excluding hydrogens is 268 g/mol. The Kier molecular flexibility index (Phi) is 4.39. The molecule has 0 spiro atoms. The van der Waals surface area contributed by atoms with Crippen LogP contribution in [-0.2, 0) is 16.1 Å². The molecule has 0 saturated heterocycles. The third-order valence-corrected chi connectivity index (χ3v) is 4.78. The normalized spacial score (nSPS) is 27.2. The third kappa shape index (κ3) is 2.70. The van der Waals surface area contributed by atoms with E-state index in [1.165, 1.54) is 0 Å². The molecule has 2 N–H and O–H groups in total. The number of ether oxygens (including phenoxy) is 1. The highest BCUT2D eigenvalue weighted by molar-refractivity contribution is 5.88. The molecule has 0 radical (unpaired) electrons. The van der Waals surface area contributed by atoms with Crippen molar-refractivity contribution in [3.05, 3.63) is 18.5 Å². The zero-order chi connectivity index (χ0) is 15.7. The highest BCUT2D eigenvalue weighted by Gasteiger charge is 2.63. The molecule has 1 aromatic heterocycles. The van der Waals surface area contributed by atoms with E-state index in [1.807, 2.05) is 37.7 Å². The Bertz CT molecular complexity index is 486. The van der Waals surface area contributed by atoms with E-state index in [1.54, 1.807) is 18.1 Å². The molecule has 6 heteroatoms. The van der Waals surface area contributed by atoms with Crippen molar-refractivity contribution >= 4 is 5.91 Å². The van der Waals surface area contributed by atoms with E-state index in [9.17, 15) is 4.79 Å². The van der Waals surface area contributed by atoms with Gasteiger partial charge in [-0.15, -0.1) is 0 Å². The molecule has 1 aromatic rings. The summed E-state index contributed by atoms with van der Waals surface area (Å²) in [6.45, 7) is 7.89. The third-order valence-electron chi connectivity index (χ3n) is 4.78. The molecule has 2 rings (SSSR count). The highest BCUT2D eigenvalue weighted by atomic mass is 16.5. The van der Waals surface area contributed by atoms with Gasteiger partial charge in [0.15, 0.2) is 0 Å². The van der Waals surface area contributed by atoms with Gasteiger partial charge >= 0.3 is 0 Å². The quantitative estimate of drug-likeness (QED) is 0.845. The SMILES string of the molecule is CCOC1CC(N)(C(=O)N(C)CCn2cccn2)C1(C)C. The molecule has 21 heavy (non-hydrogen) atoms. The number of carbonyl (C=O) groups excluding carboxylic acids is 1. The van der Waals surface area contributed by atoms with Crippen LogP contribution in [0.2, 0.25) is 0 Å². The predicted molar refractivity (Wildman–Crippen MR) is 80.6 cm³/mol. The summed E-state index contributed by atoms with van der Waals surface area (Å²) in [5, 5.41) is 4.14. The molecule has 0 aromatic carbocycles. The zero-order valence-corrected chi connectivity index (χ0v) is 13.4. The van der Waals surface area contributed by atoms with Crippen LogP contribution in [0.4, 0.5) is 0 Å². The lowest BCUT2D eigenvalue weighted by molar-refractivity contribution is -0.178. The van der Waals surface area contributed by atoms with Crippen LogP contribution in [0, 0.1) is 5.41 Å². The van der Waals surface area contributed by atoms with Crippen LogP contribution in [0.1, 0.15) is 27.2 Å². The van der Waals surface area contributed by atoms with Gasteiger partial charge in [-0.05, 0) is 13.0 Å². The van der Waals surface area contributed by atoms with Crippen molar-refractivity contribution in [2.75, 3.05) is 20.2 Å². The number of rotatable bonds is 6. The van der Waals surface area contributed by atoms with Gasteiger partial charge in [0.25, 0.3) is 0 Å². The molecule has 1 saturated carbocycles. The second-order valence-corrected chi connectivity index (χ2v) is 6.34. The fraction of sp³-hybridized carbons (Fsp3) is 0.733. The number of amides is 1. The van der Waals surface area contributed by atoms with Crippen molar-refractivity contribution in [2.24, 2.45) is 11.1 Å². The minimum absolute atomic E-state index is 0.0180. The van der Waals surface area contributed by atoms with Gasteiger partial charge in [0.05, 0.1) is 12.6 Å². The van der Waals surface area contributed by atoms with Gasteiger partial charge in [-0.1, -0.05) is 13.8 Å². The van der Waals surface area contributed by atoms with Crippen LogP contribution in [0.25, 0.3) is 0 Å². The van der Waals surface area contributed by atoms with Gasteiger partial charge in [0.1, 0.15) is 5.54 Å². The maximum absolute atomic E-state index is 12.7. The van der Waals surface area contributed by atoms with Gasteiger partial charge < -0.3 is 15.4 Å². The first kappa shape index (κ1) is 16.0. The highest BCUT2D eigenvalue weighted by Crippen LogP contribution is 2.50. The Labute approximate surface area is 126 Å². The topological polar surface area (TPSA) is 73.4 Å². The number of likely N-dealkylation sites (N-methyl/N-ethyl adjacent to an activating group) is 1. The molecule has 1 amide bonds. The Hall–Kier alpha value is -1.40. The van der Waals surface area contributed by atoms with Crippen LogP contribution >= 0.6 is 0 Å². The van der Waals surface area contributed by atoms with Gasteiger partial charge in [-0.2, -0.15) is 5.10 Å². The monoisotopic (exact) mass is 294 g/mol. The van der Waals surface area contributed by atoms with Crippen LogP contribution in [0.3, 0.4) is 0 Å². The molecule has 0 aliphatic heterocycles. The van der Waals surface area contributed by atoms with Gasteiger partial charge in [-0.3, -0.25) is 9.48 Å². The molecular formula is C15H26N4O2. The molecule has 6 nitrogen and oxygen atoms in total. The first-order valence-corrected chi connectivity index (χ1v) is 7.46. The summed E-state index contributed by atoms with van der Waals surface area (Å²) in [6.07, 6.45) is 4.25. The lowest BCUT2D eigenvalue weighted by atomic mass is 9.54. The van der Waals surface area contributed by atoms with E-state index in [0.717, 1.165) is 0 Å². The standard InChI is InChI=1S/C15H26N4O2/c1-5-21-12-11-15(16,14(12,2)3)13(20)18(4)9-10-19-8-6-7-17-19/h6-8,12H,5,9-11,16H2,1-4H3. The van der Waals surface area contributed by atoms with E-state index in [0.29, 0.717) is 26.1 Å². The lowest BCUT2D eigenvalue weighted by Gasteiger charge is -2.58. The van der Waals surface area contributed by atoms with Crippen molar-refractivity contribution in [2.45, 2.75) is 45.4 Å². The second-order valence-electron chi connectivity index (χ2n) is 6.34. The average Bonchev–Trinajstić information content (AvgIpc) is 2.96. The van der Waals surface area contributed by atoms with Crippen LogP contribution in [0.5, 0.6) is 0 Å². The fourth-order valence-electron chi connectivity index (χ4n) is 2.93. The van der Waals surface area contributed by atoms with E-state index in [2.05, 4.69) is 5.10 Å². The molecule has 0 bridgehead atoms. The smallest absolute Gasteiger partial charge is 0.243 e. The number of hydrogen-bond donors (Lipinski definition) is 1. The number of hydrogen-bond acceptors (Lipinski definition) is 4. The number of aromatic nitrogens is 2. The molecule has 118 valence electrons. The Morgan fingerprint density at radius 1 is 1.57 bits per heavy atom. The van der Waals surface area contributed by atoms with Gasteiger partial charge in [0.2, 0.25) is 5.91 Å². The van der Waals surface area contributed by atoms with Crippen molar-refractivity contribution in [1.82, 2.24) is 14.7 Å². The lowest BCUT2D eigenvalue weighted by Crippen LogP contribution is -2.75. The Morgan fingerprint density at radius 2 is 2.29 bits per heavy atom. The van der Waals surface area contributed by atoms with Crippen molar-refractivity contribution in [3.63, 3.8) is 0 Å². The summed E-state index contributed by atoms with van der Waals surface area (Å²) in [6, 6.07) is 1.87. The number of carbonyl (C=O) groups is 1. The maximum atomic E-state index is 12.7. The van der Waals surface area contributed by atoms with Crippen molar-refractivity contribution in [1.29, 1.82) is 0 Å². The zero-order valence-electron chi connectivity index (χ0n) is 13.4. The van der Waals surface area contributed by atoms with Crippen LogP contribution in [0.15, 0.2) is 18.5 Å². The first-order valence-electron chi connectivity index (χ1n) is 7.46. The minimum atomic E-state index is -0.842. The molecule has 1 aliphatic rings. The molecule has 1 aliphatic carbocycles. The van der Waals surface area contributed by atoms with E-state index in [-0.39, 0.29) is 17.4 Å². The summed E-state index contributed by atoms with van der Waals surface area (Å²) in [4.78, 5) is 14.4. The van der Waals surface area contributed by atoms with Gasteiger partial charge in [0, 0.05) is 44.4 Å². The second kappa shape index (κ2) is 5.77. The Balaban J connectivity index is 1.96. The molecule has 2 atom stereocenters. The molecule has 2 unspecified atom stereocenters. The van der Waals surface area contributed by atoms with E-state index >= 15 is 0 Å². The number of nitrogens with zero attached hydrogens (tertiary/aromatic N) is 3. The maximum Gasteiger partial charge on any atom is 0.243 e. The first-order chi connectivity index (χ1) is 9.83. The largest absolute Gasteiger partial charge is 0.378 e. The molecule has 1 fully saturated rings. The summed E-state index contributed by atoms with van der Waals surface area (Å²) in [7, 11) is 1.80. The summed E-state index contributed by atoms with van der Waals surface area (Å²) >= 11 is 0. The summed E-state index contributed by atoms with van der Waals surface area (Å²) in [5.41, 5.74) is 5.21. The van der Waals surface area contributed by atoms with E-state index in [4.69, 9.17) is 10.5 Å². The van der Waals surface area contributed by atoms with Crippen molar-refractivity contribution in [3.8, 4) is 0 Å². The predicted octanol–water partition coefficient (Wildman–Crippen LogP) is 0.874. The summed E-state index contributed by atoms with van der Waals surface area (Å²) in [5.74, 6) is -0.0180. The average molecular weight is 294 g/mol. The van der Waals surface area contributed by atoms with Gasteiger partial charge in [-0.25, -0.2) is 0 Å². The van der Waals surface area contributed by atoms with Crippen molar-refractivity contribution < 1.29 is 9.53 Å². The number of nitrogens with two attached hydrogens (primary N) is 1.